The van der Waals surface area contributed by atoms with Gasteiger partial charge in [-0.2, -0.15) is 0 Å². The minimum atomic E-state index is -0.158. The molecule has 0 saturated heterocycles. The third kappa shape index (κ3) is 4.41. The molecule has 1 unspecified atom stereocenters. The first-order valence-corrected chi connectivity index (χ1v) is 11.0. The summed E-state index contributed by atoms with van der Waals surface area (Å²) in [5.41, 5.74) is 3.10. The van der Waals surface area contributed by atoms with Gasteiger partial charge in [-0.15, -0.1) is 11.8 Å². The van der Waals surface area contributed by atoms with E-state index >= 15 is 0 Å². The zero-order valence-electron chi connectivity index (χ0n) is 16.8. The summed E-state index contributed by atoms with van der Waals surface area (Å²) in [6.07, 6.45) is 0. The quantitative estimate of drug-likeness (QED) is 0.645. The molecule has 4 nitrogen and oxygen atoms in total. The van der Waals surface area contributed by atoms with E-state index < -0.39 is 0 Å². The minimum Gasteiger partial charge on any atom is -0.351 e. The molecule has 0 aromatic heterocycles. The van der Waals surface area contributed by atoms with Crippen LogP contribution in [-0.4, -0.2) is 30.2 Å². The van der Waals surface area contributed by atoms with Crippen molar-refractivity contribution in [2.45, 2.75) is 23.8 Å². The number of fused-ring (bicyclic) bond motifs is 1. The predicted octanol–water partition coefficient (Wildman–Crippen LogP) is 4.46. The molecule has 30 heavy (non-hydrogen) atoms. The van der Waals surface area contributed by atoms with E-state index in [9.17, 15) is 9.59 Å². The first-order valence-electron chi connectivity index (χ1n) is 10.0. The molecule has 0 saturated carbocycles. The lowest BCUT2D eigenvalue weighted by Gasteiger charge is -2.30. The van der Waals surface area contributed by atoms with Crippen molar-refractivity contribution in [3.63, 3.8) is 0 Å². The molecule has 152 valence electrons. The molecule has 4 rings (SSSR count). The maximum Gasteiger partial charge on any atom is 0.240 e. The number of nitrogens with zero attached hydrogens (tertiary/aromatic N) is 1. The highest BCUT2D eigenvalue weighted by Gasteiger charge is 2.28. The molecule has 1 aliphatic rings. The van der Waals surface area contributed by atoms with Gasteiger partial charge in [0, 0.05) is 16.9 Å². The van der Waals surface area contributed by atoms with Gasteiger partial charge in [0.05, 0.1) is 11.4 Å². The van der Waals surface area contributed by atoms with Crippen molar-refractivity contribution in [2.75, 3.05) is 17.2 Å². The molecule has 0 bridgehead atoms. The zero-order valence-corrected chi connectivity index (χ0v) is 17.6. The molecule has 0 radical (unpaired) electrons. The van der Waals surface area contributed by atoms with Crippen molar-refractivity contribution < 1.29 is 9.59 Å². The number of hydrogen-bond donors (Lipinski definition) is 1. The van der Waals surface area contributed by atoms with E-state index in [2.05, 4.69) is 29.6 Å². The maximum absolute atomic E-state index is 12.9. The number of anilines is 1. The van der Waals surface area contributed by atoms with Gasteiger partial charge in [0.1, 0.15) is 6.54 Å². The summed E-state index contributed by atoms with van der Waals surface area (Å²) in [5, 5.41) is 3.14. The Morgan fingerprint density at radius 1 is 0.933 bits per heavy atom. The van der Waals surface area contributed by atoms with Crippen molar-refractivity contribution in [1.29, 1.82) is 0 Å². The maximum atomic E-state index is 12.9. The molecule has 0 aliphatic carbocycles. The highest BCUT2D eigenvalue weighted by atomic mass is 32.2. The van der Waals surface area contributed by atoms with Crippen molar-refractivity contribution in [1.82, 2.24) is 5.32 Å². The van der Waals surface area contributed by atoms with E-state index in [1.54, 1.807) is 4.90 Å². The van der Waals surface area contributed by atoms with E-state index in [0.29, 0.717) is 5.75 Å². The summed E-state index contributed by atoms with van der Waals surface area (Å²) in [5.74, 6) is 0.186. The fourth-order valence-electron chi connectivity index (χ4n) is 3.94. The van der Waals surface area contributed by atoms with Crippen LogP contribution >= 0.6 is 11.8 Å². The average Bonchev–Trinajstić information content (AvgIpc) is 2.77. The molecule has 3 aromatic rings. The van der Waals surface area contributed by atoms with Crippen LogP contribution in [-0.2, 0) is 9.59 Å². The molecule has 5 heteroatoms. The first kappa shape index (κ1) is 20.2. The third-order valence-corrected chi connectivity index (χ3v) is 6.36. The Morgan fingerprint density at radius 2 is 1.50 bits per heavy atom. The topological polar surface area (TPSA) is 49.4 Å². The Kier molecular flexibility index (Phi) is 6.19. The molecule has 1 heterocycles. The number of benzene rings is 3. The molecular weight excluding hydrogens is 392 g/mol. The Labute approximate surface area is 181 Å². The SMILES string of the molecule is CC(NC(=O)CN1C(=O)CSc2ccccc21)C(c1ccccc1)c1ccccc1. The second-order valence-electron chi connectivity index (χ2n) is 7.39. The molecule has 0 fully saturated rings. The smallest absolute Gasteiger partial charge is 0.240 e. The summed E-state index contributed by atoms with van der Waals surface area (Å²) < 4.78 is 0. The summed E-state index contributed by atoms with van der Waals surface area (Å²) in [6, 6.07) is 28.0. The van der Waals surface area contributed by atoms with Crippen LogP contribution in [0.15, 0.2) is 89.8 Å². The summed E-state index contributed by atoms with van der Waals surface area (Å²) in [6.45, 7) is 2.04. The average molecular weight is 417 g/mol. The Balaban J connectivity index is 1.52. The number of carbonyl (C=O) groups is 2. The van der Waals surface area contributed by atoms with Crippen LogP contribution in [0.3, 0.4) is 0 Å². The number of amides is 2. The summed E-state index contributed by atoms with van der Waals surface area (Å²) >= 11 is 1.52. The van der Waals surface area contributed by atoms with Crippen molar-refractivity contribution >= 4 is 29.3 Å². The van der Waals surface area contributed by atoms with Crippen LogP contribution in [0.2, 0.25) is 0 Å². The monoisotopic (exact) mass is 416 g/mol. The fourth-order valence-corrected chi connectivity index (χ4v) is 4.88. The number of para-hydroxylation sites is 1. The van der Waals surface area contributed by atoms with Gasteiger partial charge in [0.25, 0.3) is 0 Å². The van der Waals surface area contributed by atoms with E-state index in [-0.39, 0.29) is 30.3 Å². The normalized spacial score (nSPS) is 14.3. The standard InChI is InChI=1S/C25H24N2O2S/c1-18(25(19-10-4-2-5-11-19)20-12-6-3-7-13-20)26-23(28)16-27-21-14-8-9-15-22(21)30-17-24(27)29/h2-15,18,25H,16-17H2,1H3,(H,26,28). The van der Waals surface area contributed by atoms with Gasteiger partial charge in [-0.1, -0.05) is 72.8 Å². The van der Waals surface area contributed by atoms with Crippen molar-refractivity contribution in [3.05, 3.63) is 96.1 Å². The van der Waals surface area contributed by atoms with Crippen LogP contribution in [0.25, 0.3) is 0 Å². The van der Waals surface area contributed by atoms with E-state index in [0.717, 1.165) is 21.7 Å². The van der Waals surface area contributed by atoms with Gasteiger partial charge >= 0.3 is 0 Å². The van der Waals surface area contributed by atoms with Gasteiger partial charge in [0.2, 0.25) is 11.8 Å². The van der Waals surface area contributed by atoms with Crippen LogP contribution in [0.5, 0.6) is 0 Å². The lowest BCUT2D eigenvalue weighted by molar-refractivity contribution is -0.123. The largest absolute Gasteiger partial charge is 0.351 e. The van der Waals surface area contributed by atoms with Gasteiger partial charge < -0.3 is 10.2 Å². The molecule has 3 aromatic carbocycles. The second-order valence-corrected chi connectivity index (χ2v) is 8.41. The van der Waals surface area contributed by atoms with Gasteiger partial charge in [0.15, 0.2) is 0 Å². The van der Waals surface area contributed by atoms with E-state index in [1.165, 1.54) is 11.8 Å². The number of carbonyl (C=O) groups excluding carboxylic acids is 2. The van der Waals surface area contributed by atoms with Crippen LogP contribution in [0.4, 0.5) is 5.69 Å². The predicted molar refractivity (Wildman–Crippen MR) is 122 cm³/mol. The number of rotatable bonds is 6. The van der Waals surface area contributed by atoms with Crippen molar-refractivity contribution in [2.24, 2.45) is 0 Å². The zero-order chi connectivity index (χ0) is 20.9. The number of thioether (sulfide) groups is 1. The van der Waals surface area contributed by atoms with Gasteiger partial charge in [-0.25, -0.2) is 0 Å². The highest BCUT2D eigenvalue weighted by molar-refractivity contribution is 8.00. The molecule has 0 spiro atoms. The number of hydrogen-bond acceptors (Lipinski definition) is 3. The van der Waals surface area contributed by atoms with Crippen LogP contribution in [0.1, 0.15) is 24.0 Å². The second kappa shape index (κ2) is 9.18. The Morgan fingerprint density at radius 3 is 2.13 bits per heavy atom. The molecule has 2 amide bonds. The van der Waals surface area contributed by atoms with Crippen LogP contribution in [0, 0.1) is 0 Å². The first-order chi connectivity index (χ1) is 14.6. The Bertz CT molecular complexity index is 984. The van der Waals surface area contributed by atoms with E-state index in [4.69, 9.17) is 0 Å². The van der Waals surface area contributed by atoms with Gasteiger partial charge in [-0.3, -0.25) is 9.59 Å². The van der Waals surface area contributed by atoms with E-state index in [1.807, 2.05) is 67.6 Å². The Hall–Kier alpha value is -3.05. The lowest BCUT2D eigenvalue weighted by Crippen LogP contribution is -2.46. The summed E-state index contributed by atoms with van der Waals surface area (Å²) in [4.78, 5) is 28.0. The number of nitrogens with one attached hydrogen (secondary N) is 1. The highest BCUT2D eigenvalue weighted by Crippen LogP contribution is 2.34. The van der Waals surface area contributed by atoms with Crippen LogP contribution < -0.4 is 10.2 Å². The fraction of sp³-hybridized carbons (Fsp3) is 0.200. The molecule has 1 aliphatic heterocycles. The molecule has 1 atom stereocenters. The third-order valence-electron chi connectivity index (χ3n) is 5.32. The minimum absolute atomic E-state index is 0.0243. The molecular formula is C25H24N2O2S. The van der Waals surface area contributed by atoms with Crippen molar-refractivity contribution in [3.8, 4) is 0 Å². The molecule has 1 N–H and O–H groups in total. The van der Waals surface area contributed by atoms with Gasteiger partial charge in [-0.05, 0) is 30.2 Å². The lowest BCUT2D eigenvalue weighted by atomic mass is 9.86. The summed E-state index contributed by atoms with van der Waals surface area (Å²) in [7, 11) is 0.